The van der Waals surface area contributed by atoms with Gasteiger partial charge in [-0.15, -0.1) is 10.2 Å². The van der Waals surface area contributed by atoms with Crippen LogP contribution in [-0.2, 0) is 9.59 Å². The third kappa shape index (κ3) is 4.15. The SMILES string of the molecule is Cc1nnc(N2C(=O)C(=O)/C(=C(/O)c3nc4c(C)cccn4c3C)C2c2cccc(Oc3ccccc3)c2)s1. The summed E-state index contributed by atoms with van der Waals surface area (Å²) >= 11 is 1.19. The maximum absolute atomic E-state index is 13.5. The summed E-state index contributed by atoms with van der Waals surface area (Å²) in [4.78, 5) is 32.9. The Kier molecular flexibility index (Phi) is 5.96. The zero-order valence-corrected chi connectivity index (χ0v) is 22.1. The van der Waals surface area contributed by atoms with E-state index in [1.54, 1.807) is 31.2 Å². The second-order valence-corrected chi connectivity index (χ2v) is 10.4. The number of aliphatic hydroxyl groups excluding tert-OH is 1. The topological polar surface area (TPSA) is 110 Å². The zero-order valence-electron chi connectivity index (χ0n) is 21.3. The van der Waals surface area contributed by atoms with E-state index >= 15 is 0 Å². The van der Waals surface area contributed by atoms with Gasteiger partial charge in [-0.05, 0) is 62.2 Å². The number of benzene rings is 2. The van der Waals surface area contributed by atoms with E-state index in [0.717, 1.165) is 5.56 Å². The van der Waals surface area contributed by atoms with Gasteiger partial charge in [0.25, 0.3) is 5.78 Å². The van der Waals surface area contributed by atoms with Crippen molar-refractivity contribution in [1.29, 1.82) is 0 Å². The molecule has 0 saturated carbocycles. The van der Waals surface area contributed by atoms with Gasteiger partial charge < -0.3 is 14.2 Å². The lowest BCUT2D eigenvalue weighted by atomic mass is 9.96. The van der Waals surface area contributed by atoms with Crippen molar-refractivity contribution >= 4 is 39.6 Å². The van der Waals surface area contributed by atoms with Gasteiger partial charge in [0, 0.05) is 6.20 Å². The smallest absolute Gasteiger partial charge is 0.301 e. The van der Waals surface area contributed by atoms with Gasteiger partial charge in [0.1, 0.15) is 27.8 Å². The molecule has 1 N–H and O–H groups in total. The molecule has 9 nitrogen and oxygen atoms in total. The van der Waals surface area contributed by atoms with Gasteiger partial charge >= 0.3 is 5.91 Å². The number of ketones is 1. The zero-order chi connectivity index (χ0) is 27.3. The van der Waals surface area contributed by atoms with E-state index < -0.39 is 17.7 Å². The molecule has 1 fully saturated rings. The average Bonchev–Trinajstić information content (AvgIpc) is 3.59. The molecular formula is C29H23N5O4S. The molecule has 3 aromatic heterocycles. The molecule has 0 bridgehead atoms. The lowest BCUT2D eigenvalue weighted by Gasteiger charge is -2.23. The minimum absolute atomic E-state index is 0.0751. The van der Waals surface area contributed by atoms with Gasteiger partial charge in [0.2, 0.25) is 5.13 Å². The highest BCUT2D eigenvalue weighted by molar-refractivity contribution is 7.15. The molecule has 1 aliphatic rings. The molecule has 1 atom stereocenters. The Hall–Kier alpha value is -4.83. The van der Waals surface area contributed by atoms with Crippen LogP contribution in [0, 0.1) is 20.8 Å². The van der Waals surface area contributed by atoms with Crippen LogP contribution in [0.2, 0.25) is 0 Å². The first kappa shape index (κ1) is 24.5. The predicted molar refractivity (Wildman–Crippen MR) is 147 cm³/mol. The lowest BCUT2D eigenvalue weighted by molar-refractivity contribution is -0.132. The van der Waals surface area contributed by atoms with E-state index in [9.17, 15) is 14.7 Å². The molecule has 1 aliphatic heterocycles. The van der Waals surface area contributed by atoms with Crippen LogP contribution in [-0.4, -0.2) is 36.4 Å². The molecule has 0 spiro atoms. The van der Waals surface area contributed by atoms with E-state index in [0.29, 0.717) is 33.4 Å². The van der Waals surface area contributed by atoms with Crippen LogP contribution in [0.1, 0.15) is 33.6 Å². The number of para-hydroxylation sites is 1. The van der Waals surface area contributed by atoms with Crippen molar-refractivity contribution < 1.29 is 19.4 Å². The van der Waals surface area contributed by atoms with Gasteiger partial charge in [-0.25, -0.2) is 4.98 Å². The largest absolute Gasteiger partial charge is 0.505 e. The standard InChI is InChI=1S/C29H23N5O4S/c1-16-9-8-14-33-17(2)23(30-27(16)33)25(35)22-24(34(28(37)26(22)36)29-32-31-18(3)39-29)19-10-7-13-21(15-19)38-20-11-5-4-6-12-20/h4-15,24,35H,1-3H3/b25-22+. The molecule has 10 heteroatoms. The molecule has 6 rings (SSSR count). The Morgan fingerprint density at radius 2 is 1.72 bits per heavy atom. The number of imidazole rings is 1. The van der Waals surface area contributed by atoms with Crippen LogP contribution in [0.4, 0.5) is 5.13 Å². The maximum atomic E-state index is 13.5. The highest BCUT2D eigenvalue weighted by atomic mass is 32.1. The number of hydrogen-bond donors (Lipinski definition) is 1. The number of aliphatic hydroxyl groups is 1. The fourth-order valence-electron chi connectivity index (χ4n) is 4.78. The Labute approximate surface area is 227 Å². The number of carbonyl (C=O) groups excluding carboxylic acids is 2. The second kappa shape index (κ2) is 9.48. The number of nitrogens with zero attached hydrogens (tertiary/aromatic N) is 5. The van der Waals surface area contributed by atoms with Gasteiger partial charge in [-0.2, -0.15) is 0 Å². The summed E-state index contributed by atoms with van der Waals surface area (Å²) in [6.45, 7) is 5.49. The van der Waals surface area contributed by atoms with E-state index in [2.05, 4.69) is 15.2 Å². The van der Waals surface area contributed by atoms with Gasteiger partial charge in [0.05, 0.1) is 17.3 Å². The highest BCUT2D eigenvalue weighted by Gasteiger charge is 2.49. The Morgan fingerprint density at radius 1 is 0.949 bits per heavy atom. The summed E-state index contributed by atoms with van der Waals surface area (Å²) in [6, 6.07) is 19.2. The number of aromatic nitrogens is 4. The summed E-state index contributed by atoms with van der Waals surface area (Å²) in [7, 11) is 0. The van der Waals surface area contributed by atoms with Gasteiger partial charge in [0.15, 0.2) is 5.76 Å². The number of anilines is 1. The van der Waals surface area contributed by atoms with Gasteiger partial charge in [-0.3, -0.25) is 14.5 Å². The van der Waals surface area contributed by atoms with Crippen molar-refractivity contribution in [2.24, 2.45) is 0 Å². The van der Waals surface area contributed by atoms with E-state index in [1.165, 1.54) is 16.2 Å². The maximum Gasteiger partial charge on any atom is 0.301 e. The van der Waals surface area contributed by atoms with Gasteiger partial charge in [-0.1, -0.05) is 47.7 Å². The van der Waals surface area contributed by atoms with Crippen molar-refractivity contribution in [3.63, 3.8) is 0 Å². The van der Waals surface area contributed by atoms with Crippen LogP contribution in [0.3, 0.4) is 0 Å². The fourth-order valence-corrected chi connectivity index (χ4v) is 5.49. The third-order valence-electron chi connectivity index (χ3n) is 6.63. The van der Waals surface area contributed by atoms with Crippen LogP contribution < -0.4 is 9.64 Å². The third-order valence-corrected chi connectivity index (χ3v) is 7.46. The molecule has 0 radical (unpaired) electrons. The number of ether oxygens (including phenoxy) is 1. The number of Topliss-reactive ketones (excluding diaryl/α,β-unsaturated/α-hetero) is 1. The van der Waals surface area contributed by atoms with Crippen LogP contribution >= 0.6 is 11.3 Å². The summed E-state index contributed by atoms with van der Waals surface area (Å²) in [5, 5.41) is 20.7. The second-order valence-electron chi connectivity index (χ2n) is 9.19. The number of rotatable bonds is 5. The van der Waals surface area contributed by atoms with Crippen molar-refractivity contribution in [1.82, 2.24) is 19.6 Å². The first-order valence-corrected chi connectivity index (χ1v) is 13.0. The molecule has 1 amide bonds. The van der Waals surface area contributed by atoms with Crippen LogP contribution in [0.15, 0.2) is 78.5 Å². The van der Waals surface area contributed by atoms with Crippen molar-refractivity contribution in [3.05, 3.63) is 106 Å². The van der Waals surface area contributed by atoms with Crippen LogP contribution in [0.5, 0.6) is 11.5 Å². The Balaban J connectivity index is 1.54. The normalized spacial score (nSPS) is 16.8. The number of carbonyl (C=O) groups is 2. The Morgan fingerprint density at radius 3 is 2.44 bits per heavy atom. The summed E-state index contributed by atoms with van der Waals surface area (Å²) < 4.78 is 7.87. The molecule has 1 unspecified atom stereocenters. The number of aryl methyl sites for hydroxylation is 3. The first-order valence-electron chi connectivity index (χ1n) is 12.2. The highest BCUT2D eigenvalue weighted by Crippen LogP contribution is 2.44. The fraction of sp³-hybridized carbons (Fsp3) is 0.138. The van der Waals surface area contributed by atoms with E-state index in [1.807, 2.05) is 66.9 Å². The molecule has 39 heavy (non-hydrogen) atoms. The van der Waals surface area contributed by atoms with Crippen molar-refractivity contribution in [3.8, 4) is 11.5 Å². The molecular weight excluding hydrogens is 514 g/mol. The first-order chi connectivity index (χ1) is 18.8. The Bertz CT molecular complexity index is 1790. The number of hydrogen-bond acceptors (Lipinski definition) is 8. The van der Waals surface area contributed by atoms with Crippen molar-refractivity contribution in [2.45, 2.75) is 26.8 Å². The molecule has 5 aromatic rings. The molecule has 194 valence electrons. The number of fused-ring (bicyclic) bond motifs is 1. The van der Waals surface area contributed by atoms with E-state index in [4.69, 9.17) is 4.74 Å². The molecule has 2 aromatic carbocycles. The minimum Gasteiger partial charge on any atom is -0.505 e. The lowest BCUT2D eigenvalue weighted by Crippen LogP contribution is -2.29. The minimum atomic E-state index is -0.970. The molecule has 0 aliphatic carbocycles. The average molecular weight is 538 g/mol. The van der Waals surface area contributed by atoms with Crippen LogP contribution in [0.25, 0.3) is 11.4 Å². The molecule has 4 heterocycles. The number of pyridine rings is 1. The van der Waals surface area contributed by atoms with E-state index in [-0.39, 0.29) is 22.2 Å². The monoisotopic (exact) mass is 537 g/mol. The number of amides is 1. The molecule has 1 saturated heterocycles. The predicted octanol–water partition coefficient (Wildman–Crippen LogP) is 5.53. The quantitative estimate of drug-likeness (QED) is 0.178. The summed E-state index contributed by atoms with van der Waals surface area (Å²) in [5.74, 6) is -0.828. The summed E-state index contributed by atoms with van der Waals surface area (Å²) in [6.07, 6.45) is 1.84. The van der Waals surface area contributed by atoms with Crippen molar-refractivity contribution in [2.75, 3.05) is 4.90 Å². The summed E-state index contributed by atoms with van der Waals surface area (Å²) in [5.41, 5.74) is 2.93.